The van der Waals surface area contributed by atoms with Crippen LogP contribution in [0.4, 0.5) is 0 Å². The molecule has 1 heterocycles. The summed E-state index contributed by atoms with van der Waals surface area (Å²) in [6.45, 7) is 6.29. The van der Waals surface area contributed by atoms with Crippen molar-refractivity contribution in [1.29, 1.82) is 0 Å². The number of nitrogens with two attached hydrogens (primary N) is 1. The number of likely N-dealkylation sites (N-methyl/N-ethyl adjacent to an activating group) is 1. The van der Waals surface area contributed by atoms with Crippen molar-refractivity contribution in [3.05, 3.63) is 35.9 Å². The summed E-state index contributed by atoms with van der Waals surface area (Å²) in [5, 5.41) is 2.89. The van der Waals surface area contributed by atoms with Gasteiger partial charge in [0.2, 0.25) is 5.91 Å². The number of ether oxygens (including phenoxy) is 1. The van der Waals surface area contributed by atoms with E-state index >= 15 is 0 Å². The minimum Gasteiger partial charge on any atom is -0.378 e. The van der Waals surface area contributed by atoms with Crippen LogP contribution in [0.3, 0.4) is 0 Å². The zero-order valence-corrected chi connectivity index (χ0v) is 12.8. The molecule has 1 aromatic rings. The lowest BCUT2D eigenvalue weighted by atomic mass is 9.96. The molecule has 1 fully saturated rings. The predicted molar refractivity (Wildman–Crippen MR) is 82.8 cm³/mol. The molecule has 0 aromatic heterocycles. The third kappa shape index (κ3) is 3.81. The summed E-state index contributed by atoms with van der Waals surface area (Å²) in [5.74, 6) is 0.0128. The van der Waals surface area contributed by atoms with Crippen molar-refractivity contribution in [2.45, 2.75) is 32.0 Å². The number of nitrogens with zero attached hydrogens (tertiary/aromatic N) is 1. The van der Waals surface area contributed by atoms with E-state index in [4.69, 9.17) is 10.5 Å². The van der Waals surface area contributed by atoms with Gasteiger partial charge in [0, 0.05) is 19.1 Å². The second-order valence-corrected chi connectivity index (χ2v) is 5.44. The number of benzene rings is 1. The molecular weight excluding hydrogens is 266 g/mol. The van der Waals surface area contributed by atoms with Crippen molar-refractivity contribution in [3.8, 4) is 0 Å². The van der Waals surface area contributed by atoms with E-state index in [0.717, 1.165) is 5.56 Å². The summed E-state index contributed by atoms with van der Waals surface area (Å²) in [4.78, 5) is 14.5. The first-order valence-electron chi connectivity index (χ1n) is 7.57. The van der Waals surface area contributed by atoms with Crippen LogP contribution >= 0.6 is 0 Å². The van der Waals surface area contributed by atoms with E-state index in [1.165, 1.54) is 0 Å². The van der Waals surface area contributed by atoms with E-state index in [0.29, 0.717) is 26.3 Å². The van der Waals surface area contributed by atoms with E-state index in [1.54, 1.807) is 0 Å². The summed E-state index contributed by atoms with van der Waals surface area (Å²) in [6, 6.07) is 9.80. The van der Waals surface area contributed by atoms with Gasteiger partial charge in [0.25, 0.3) is 0 Å². The lowest BCUT2D eigenvalue weighted by molar-refractivity contribution is -0.135. The number of rotatable bonds is 5. The molecule has 1 amide bonds. The van der Waals surface area contributed by atoms with Crippen molar-refractivity contribution >= 4 is 5.91 Å². The molecule has 0 saturated carbocycles. The highest BCUT2D eigenvalue weighted by molar-refractivity contribution is 5.82. The molecule has 3 atom stereocenters. The quantitative estimate of drug-likeness (QED) is 0.846. The lowest BCUT2D eigenvalue weighted by Gasteiger charge is -2.42. The van der Waals surface area contributed by atoms with Gasteiger partial charge in [0.1, 0.15) is 6.04 Å². The van der Waals surface area contributed by atoms with Crippen molar-refractivity contribution in [2.75, 3.05) is 26.3 Å². The summed E-state index contributed by atoms with van der Waals surface area (Å²) >= 11 is 0. The molecule has 1 saturated heterocycles. The monoisotopic (exact) mass is 291 g/mol. The molecule has 0 spiro atoms. The van der Waals surface area contributed by atoms with Crippen molar-refractivity contribution in [1.82, 2.24) is 10.2 Å². The Labute approximate surface area is 126 Å². The second kappa shape index (κ2) is 7.54. The van der Waals surface area contributed by atoms with Gasteiger partial charge in [-0.1, -0.05) is 30.3 Å². The second-order valence-electron chi connectivity index (χ2n) is 5.44. The molecular formula is C16H25N3O2. The third-order valence-corrected chi connectivity index (χ3v) is 3.82. The van der Waals surface area contributed by atoms with Crippen LogP contribution in [0.5, 0.6) is 0 Å². The average Bonchev–Trinajstić information content (AvgIpc) is 2.49. The van der Waals surface area contributed by atoms with E-state index in [1.807, 2.05) is 32.0 Å². The Bertz CT molecular complexity index is 450. The van der Waals surface area contributed by atoms with E-state index in [9.17, 15) is 4.79 Å². The smallest absolute Gasteiger partial charge is 0.239 e. The molecule has 5 nitrogen and oxygen atoms in total. The Morgan fingerprint density at radius 2 is 2.19 bits per heavy atom. The minimum atomic E-state index is -0.282. The molecule has 1 aromatic carbocycles. The highest BCUT2D eigenvalue weighted by Gasteiger charge is 2.36. The van der Waals surface area contributed by atoms with E-state index in [2.05, 4.69) is 22.3 Å². The fourth-order valence-corrected chi connectivity index (χ4v) is 2.92. The van der Waals surface area contributed by atoms with Crippen LogP contribution in [-0.2, 0) is 9.53 Å². The Balaban J connectivity index is 2.26. The van der Waals surface area contributed by atoms with Gasteiger partial charge < -0.3 is 15.8 Å². The Morgan fingerprint density at radius 3 is 2.81 bits per heavy atom. The zero-order valence-electron chi connectivity index (χ0n) is 12.8. The molecule has 0 bridgehead atoms. The highest BCUT2D eigenvalue weighted by atomic mass is 16.5. The van der Waals surface area contributed by atoms with Crippen LogP contribution in [0.1, 0.15) is 25.5 Å². The molecule has 0 aliphatic carbocycles. The molecule has 2 rings (SSSR count). The fourth-order valence-electron chi connectivity index (χ4n) is 2.92. The summed E-state index contributed by atoms with van der Waals surface area (Å²) < 4.78 is 5.50. The van der Waals surface area contributed by atoms with Gasteiger partial charge in [-0.2, -0.15) is 0 Å². The van der Waals surface area contributed by atoms with Crippen LogP contribution in [0.25, 0.3) is 0 Å². The first-order chi connectivity index (χ1) is 10.1. The number of hydrogen-bond donors (Lipinski definition) is 2. The number of hydrogen-bond acceptors (Lipinski definition) is 4. The molecule has 3 N–H and O–H groups in total. The van der Waals surface area contributed by atoms with Gasteiger partial charge in [0.05, 0.1) is 19.3 Å². The molecule has 116 valence electrons. The predicted octanol–water partition coefficient (Wildman–Crippen LogP) is 0.912. The van der Waals surface area contributed by atoms with Crippen LogP contribution in [0, 0.1) is 0 Å². The highest BCUT2D eigenvalue weighted by Crippen LogP contribution is 2.27. The van der Waals surface area contributed by atoms with Gasteiger partial charge in [-0.15, -0.1) is 0 Å². The molecule has 5 heteroatoms. The van der Waals surface area contributed by atoms with Gasteiger partial charge >= 0.3 is 0 Å². The number of carbonyl (C=O) groups excluding carboxylic acids is 1. The minimum absolute atomic E-state index is 0.0128. The number of nitrogens with one attached hydrogen (secondary N) is 1. The Morgan fingerprint density at radius 1 is 1.48 bits per heavy atom. The molecule has 1 aliphatic rings. The van der Waals surface area contributed by atoms with Crippen molar-refractivity contribution < 1.29 is 9.53 Å². The van der Waals surface area contributed by atoms with Crippen LogP contribution < -0.4 is 11.1 Å². The largest absolute Gasteiger partial charge is 0.378 e. The first kappa shape index (κ1) is 15.9. The number of carbonyl (C=O) groups is 1. The summed E-state index contributed by atoms with van der Waals surface area (Å²) in [5.41, 5.74) is 7.36. The topological polar surface area (TPSA) is 67.6 Å². The molecule has 0 radical (unpaired) electrons. The van der Waals surface area contributed by atoms with Crippen molar-refractivity contribution in [2.24, 2.45) is 5.73 Å². The SMILES string of the molecule is CCNC(=O)C1COCCN1C(c1ccccc1)C(C)N. The maximum atomic E-state index is 12.3. The standard InChI is InChI=1S/C16H25N3O2/c1-3-18-16(20)14-11-21-10-9-19(14)15(12(2)17)13-7-5-4-6-8-13/h4-8,12,14-15H,3,9-11,17H2,1-2H3,(H,18,20). The van der Waals surface area contributed by atoms with Gasteiger partial charge in [-0.3, -0.25) is 9.69 Å². The van der Waals surface area contributed by atoms with Crippen molar-refractivity contribution in [3.63, 3.8) is 0 Å². The van der Waals surface area contributed by atoms with Gasteiger partial charge in [-0.05, 0) is 19.4 Å². The summed E-state index contributed by atoms with van der Waals surface area (Å²) in [7, 11) is 0. The van der Waals surface area contributed by atoms with E-state index < -0.39 is 0 Å². The third-order valence-electron chi connectivity index (χ3n) is 3.82. The Kier molecular flexibility index (Phi) is 5.73. The Hall–Kier alpha value is -1.43. The number of amides is 1. The first-order valence-corrected chi connectivity index (χ1v) is 7.57. The zero-order chi connectivity index (χ0) is 15.2. The number of morpholine rings is 1. The molecule has 3 unspecified atom stereocenters. The fraction of sp³-hybridized carbons (Fsp3) is 0.562. The summed E-state index contributed by atoms with van der Waals surface area (Å²) in [6.07, 6.45) is 0. The van der Waals surface area contributed by atoms with E-state index in [-0.39, 0.29) is 24.0 Å². The molecule has 1 aliphatic heterocycles. The maximum absolute atomic E-state index is 12.3. The lowest BCUT2D eigenvalue weighted by Crippen LogP contribution is -2.57. The molecule has 21 heavy (non-hydrogen) atoms. The van der Waals surface area contributed by atoms with Crippen LogP contribution in [0.2, 0.25) is 0 Å². The van der Waals surface area contributed by atoms with Crippen LogP contribution in [0.15, 0.2) is 30.3 Å². The normalized spacial score (nSPS) is 22.5. The van der Waals surface area contributed by atoms with Gasteiger partial charge in [0.15, 0.2) is 0 Å². The maximum Gasteiger partial charge on any atom is 0.239 e. The van der Waals surface area contributed by atoms with Crippen LogP contribution in [-0.4, -0.2) is 49.2 Å². The average molecular weight is 291 g/mol. The van der Waals surface area contributed by atoms with Gasteiger partial charge in [-0.25, -0.2) is 0 Å².